The Morgan fingerprint density at radius 2 is 1.44 bits per heavy atom. The van der Waals surface area contributed by atoms with Crippen LogP contribution >= 0.6 is 11.8 Å². The lowest BCUT2D eigenvalue weighted by atomic mass is 10.0. The molecule has 190 valence electrons. The van der Waals surface area contributed by atoms with Gasteiger partial charge in [0.25, 0.3) is 0 Å². The Kier molecular flexibility index (Phi) is 12.4. The van der Waals surface area contributed by atoms with Gasteiger partial charge in [-0.2, -0.15) is 11.8 Å². The number of thioether (sulfide) groups is 1. The van der Waals surface area contributed by atoms with Crippen molar-refractivity contribution in [3.05, 3.63) is 29.8 Å². The van der Waals surface area contributed by atoms with Gasteiger partial charge in [0.15, 0.2) is 0 Å². The number of benzene rings is 1. The predicted octanol–water partition coefficient (Wildman–Crippen LogP) is 0.620. The SMILES string of the molecule is CSCCC(NC(=O)C(CC(C)C)NC(=O)C(C)N)C(=O)NC(Cc1ccc(O)cc1)C(=O)O. The van der Waals surface area contributed by atoms with Gasteiger partial charge in [0, 0.05) is 6.42 Å². The second-order valence-electron chi connectivity index (χ2n) is 8.59. The Morgan fingerprint density at radius 1 is 0.912 bits per heavy atom. The van der Waals surface area contributed by atoms with Crippen LogP contribution in [0.25, 0.3) is 0 Å². The van der Waals surface area contributed by atoms with Crippen molar-refractivity contribution in [2.24, 2.45) is 11.7 Å². The number of phenols is 1. The predicted molar refractivity (Wildman–Crippen MR) is 131 cm³/mol. The van der Waals surface area contributed by atoms with Crippen LogP contribution < -0.4 is 21.7 Å². The van der Waals surface area contributed by atoms with E-state index in [2.05, 4.69) is 16.0 Å². The van der Waals surface area contributed by atoms with Crippen molar-refractivity contribution < 1.29 is 29.4 Å². The molecule has 0 radical (unpaired) electrons. The zero-order chi connectivity index (χ0) is 25.8. The van der Waals surface area contributed by atoms with E-state index in [0.717, 1.165) is 0 Å². The fourth-order valence-electron chi connectivity index (χ4n) is 3.12. The van der Waals surface area contributed by atoms with Crippen molar-refractivity contribution in [3.63, 3.8) is 0 Å². The van der Waals surface area contributed by atoms with Crippen LogP contribution in [0.4, 0.5) is 0 Å². The van der Waals surface area contributed by atoms with Gasteiger partial charge in [-0.1, -0.05) is 26.0 Å². The van der Waals surface area contributed by atoms with Crippen LogP contribution in [0.5, 0.6) is 5.75 Å². The third-order valence-corrected chi connectivity index (χ3v) is 5.63. The summed E-state index contributed by atoms with van der Waals surface area (Å²) in [5, 5.41) is 26.8. The molecule has 1 aromatic rings. The maximum Gasteiger partial charge on any atom is 0.326 e. The van der Waals surface area contributed by atoms with Gasteiger partial charge < -0.3 is 31.9 Å². The maximum atomic E-state index is 13.0. The molecule has 4 atom stereocenters. The van der Waals surface area contributed by atoms with Crippen LogP contribution in [0.3, 0.4) is 0 Å². The summed E-state index contributed by atoms with van der Waals surface area (Å²) in [6.07, 6.45) is 2.48. The fourth-order valence-corrected chi connectivity index (χ4v) is 3.59. The molecule has 3 amide bonds. The Balaban J connectivity index is 2.97. The highest BCUT2D eigenvalue weighted by molar-refractivity contribution is 7.98. The Bertz CT molecular complexity index is 831. The average molecular weight is 497 g/mol. The van der Waals surface area contributed by atoms with Gasteiger partial charge >= 0.3 is 5.97 Å². The Morgan fingerprint density at radius 3 is 1.94 bits per heavy atom. The summed E-state index contributed by atoms with van der Waals surface area (Å²) in [7, 11) is 0. The molecular weight excluding hydrogens is 460 g/mol. The van der Waals surface area contributed by atoms with E-state index < -0.39 is 47.9 Å². The number of aromatic hydroxyl groups is 1. The summed E-state index contributed by atoms with van der Waals surface area (Å²) < 4.78 is 0. The molecule has 0 saturated carbocycles. The van der Waals surface area contributed by atoms with E-state index in [-0.39, 0.29) is 24.5 Å². The third-order valence-electron chi connectivity index (χ3n) is 4.99. The topological polar surface area (TPSA) is 171 Å². The standard InChI is InChI=1S/C23H36N4O6S/c1-13(2)11-18(26-20(29)14(3)24)22(31)25-17(9-10-34-4)21(30)27-19(23(32)33)12-15-5-7-16(28)8-6-15/h5-8,13-14,17-19,28H,9-12,24H2,1-4H3,(H,25,31)(H,26,29)(H,27,30)(H,32,33). The van der Waals surface area contributed by atoms with E-state index in [1.807, 2.05) is 20.1 Å². The van der Waals surface area contributed by atoms with Crippen molar-refractivity contribution in [2.45, 2.75) is 64.2 Å². The highest BCUT2D eigenvalue weighted by atomic mass is 32.2. The maximum absolute atomic E-state index is 13.0. The number of carboxylic acids is 1. The first-order chi connectivity index (χ1) is 15.9. The number of amides is 3. The lowest BCUT2D eigenvalue weighted by Gasteiger charge is -2.25. The van der Waals surface area contributed by atoms with Gasteiger partial charge in [-0.25, -0.2) is 4.79 Å². The number of rotatable bonds is 14. The molecule has 0 spiro atoms. The van der Waals surface area contributed by atoms with Gasteiger partial charge in [-0.15, -0.1) is 0 Å². The molecule has 1 aromatic carbocycles. The van der Waals surface area contributed by atoms with Gasteiger partial charge in [0.2, 0.25) is 17.7 Å². The van der Waals surface area contributed by atoms with Crippen LogP contribution in [0.2, 0.25) is 0 Å². The van der Waals surface area contributed by atoms with Gasteiger partial charge in [-0.3, -0.25) is 14.4 Å². The highest BCUT2D eigenvalue weighted by Gasteiger charge is 2.30. The molecule has 0 heterocycles. The molecule has 0 aliphatic rings. The number of hydrogen-bond acceptors (Lipinski definition) is 7. The van der Waals surface area contributed by atoms with Crippen molar-refractivity contribution in [1.29, 1.82) is 0 Å². The monoisotopic (exact) mass is 496 g/mol. The zero-order valence-corrected chi connectivity index (χ0v) is 20.9. The van der Waals surface area contributed by atoms with Crippen LogP contribution in [-0.2, 0) is 25.6 Å². The molecular formula is C23H36N4O6S. The Hall–Kier alpha value is -2.79. The largest absolute Gasteiger partial charge is 0.508 e. The minimum absolute atomic E-state index is 0.00493. The van der Waals surface area contributed by atoms with Crippen molar-refractivity contribution in [3.8, 4) is 5.75 Å². The molecule has 0 saturated heterocycles. The molecule has 7 N–H and O–H groups in total. The zero-order valence-electron chi connectivity index (χ0n) is 20.0. The van der Waals surface area contributed by atoms with Gasteiger partial charge in [-0.05, 0) is 55.4 Å². The molecule has 1 rings (SSSR count). The number of hydrogen-bond donors (Lipinski definition) is 6. The second kappa shape index (κ2) is 14.5. The summed E-state index contributed by atoms with van der Waals surface area (Å²) in [5.74, 6) is -2.18. The van der Waals surface area contributed by atoms with E-state index in [9.17, 15) is 29.4 Å². The van der Waals surface area contributed by atoms with Crippen LogP contribution in [0.15, 0.2) is 24.3 Å². The average Bonchev–Trinajstić information content (AvgIpc) is 2.76. The second-order valence-corrected chi connectivity index (χ2v) is 9.58. The molecule has 0 fully saturated rings. The summed E-state index contributed by atoms with van der Waals surface area (Å²) >= 11 is 1.48. The minimum atomic E-state index is -1.23. The van der Waals surface area contributed by atoms with Crippen LogP contribution in [0, 0.1) is 5.92 Å². The fraction of sp³-hybridized carbons (Fsp3) is 0.565. The number of nitrogens with one attached hydrogen (secondary N) is 3. The first-order valence-corrected chi connectivity index (χ1v) is 12.5. The van der Waals surface area contributed by atoms with E-state index in [1.54, 1.807) is 12.1 Å². The van der Waals surface area contributed by atoms with Crippen LogP contribution in [-0.4, -0.2) is 70.1 Å². The molecule has 0 bridgehead atoms. The Labute approximate surface area is 204 Å². The molecule has 10 nitrogen and oxygen atoms in total. The molecule has 4 unspecified atom stereocenters. The van der Waals surface area contributed by atoms with Crippen molar-refractivity contribution in [2.75, 3.05) is 12.0 Å². The third kappa shape index (κ3) is 10.4. The summed E-state index contributed by atoms with van der Waals surface area (Å²) in [4.78, 5) is 49.8. The summed E-state index contributed by atoms with van der Waals surface area (Å²) in [6, 6.07) is 2.12. The molecule has 0 aromatic heterocycles. The van der Waals surface area contributed by atoms with E-state index in [0.29, 0.717) is 17.7 Å². The first-order valence-electron chi connectivity index (χ1n) is 11.1. The summed E-state index contributed by atoms with van der Waals surface area (Å²) in [6.45, 7) is 5.31. The van der Waals surface area contributed by atoms with E-state index >= 15 is 0 Å². The number of carbonyl (C=O) groups excluding carboxylic acids is 3. The van der Waals surface area contributed by atoms with E-state index in [1.165, 1.54) is 30.8 Å². The van der Waals surface area contributed by atoms with Crippen molar-refractivity contribution >= 4 is 35.5 Å². The molecule has 11 heteroatoms. The number of aliphatic carboxylic acids is 1. The number of carboxylic acid groups (broad SMARTS) is 1. The number of carbonyl (C=O) groups is 4. The van der Waals surface area contributed by atoms with Gasteiger partial charge in [0.05, 0.1) is 6.04 Å². The molecule has 0 aliphatic carbocycles. The minimum Gasteiger partial charge on any atom is -0.508 e. The smallest absolute Gasteiger partial charge is 0.326 e. The lowest BCUT2D eigenvalue weighted by Crippen LogP contribution is -2.57. The summed E-state index contributed by atoms with van der Waals surface area (Å²) in [5.41, 5.74) is 6.22. The number of nitrogens with two attached hydrogens (primary N) is 1. The molecule has 34 heavy (non-hydrogen) atoms. The number of phenolic OH excluding ortho intramolecular Hbond substituents is 1. The lowest BCUT2D eigenvalue weighted by molar-refractivity contribution is -0.142. The molecule has 0 aliphatic heterocycles. The quantitative estimate of drug-likeness (QED) is 0.218. The normalized spacial score (nSPS) is 14.5. The van der Waals surface area contributed by atoms with Crippen LogP contribution in [0.1, 0.15) is 39.2 Å². The van der Waals surface area contributed by atoms with Gasteiger partial charge in [0.1, 0.15) is 23.9 Å². The first kappa shape index (κ1) is 29.2. The highest BCUT2D eigenvalue weighted by Crippen LogP contribution is 2.12. The van der Waals surface area contributed by atoms with E-state index in [4.69, 9.17) is 5.73 Å². The van der Waals surface area contributed by atoms with Crippen molar-refractivity contribution in [1.82, 2.24) is 16.0 Å².